The third-order valence-corrected chi connectivity index (χ3v) is 3.14. The minimum absolute atomic E-state index is 0.192. The zero-order valence-electron chi connectivity index (χ0n) is 10.7. The minimum atomic E-state index is -0.960. The van der Waals surface area contributed by atoms with Gasteiger partial charge in [0, 0.05) is 0 Å². The highest BCUT2D eigenvalue weighted by atomic mass is 16.4. The van der Waals surface area contributed by atoms with E-state index >= 15 is 0 Å². The van der Waals surface area contributed by atoms with Gasteiger partial charge in [0.05, 0.1) is 6.04 Å². The molecule has 0 aromatic carbocycles. The van der Waals surface area contributed by atoms with Crippen molar-refractivity contribution >= 4 is 11.9 Å². The van der Waals surface area contributed by atoms with Gasteiger partial charge in [0.2, 0.25) is 5.91 Å². The van der Waals surface area contributed by atoms with E-state index in [1.54, 1.807) is 0 Å². The quantitative estimate of drug-likeness (QED) is 0.659. The maximum Gasteiger partial charge on any atom is 0.326 e. The SMILES string of the molecule is CC(C)C[C@H](NC(=O)C1NCCC1C)C(=O)O. The fraction of sp³-hybridized carbons (Fsp3) is 0.833. The van der Waals surface area contributed by atoms with Gasteiger partial charge in [0.15, 0.2) is 0 Å². The Balaban J connectivity index is 2.54. The van der Waals surface area contributed by atoms with E-state index in [1.165, 1.54) is 0 Å². The Bertz CT molecular complexity index is 291. The number of carboxylic acid groups (broad SMARTS) is 1. The lowest BCUT2D eigenvalue weighted by atomic mass is 10.0. The Morgan fingerprint density at radius 1 is 1.47 bits per heavy atom. The molecule has 17 heavy (non-hydrogen) atoms. The Labute approximate surface area is 102 Å². The van der Waals surface area contributed by atoms with Crippen LogP contribution in [-0.2, 0) is 9.59 Å². The van der Waals surface area contributed by atoms with Gasteiger partial charge in [-0.1, -0.05) is 20.8 Å². The highest BCUT2D eigenvalue weighted by molar-refractivity contribution is 5.87. The van der Waals surface area contributed by atoms with E-state index in [1.807, 2.05) is 20.8 Å². The Hall–Kier alpha value is -1.10. The zero-order chi connectivity index (χ0) is 13.0. The van der Waals surface area contributed by atoms with Gasteiger partial charge in [-0.15, -0.1) is 0 Å². The molecular weight excluding hydrogens is 220 g/mol. The van der Waals surface area contributed by atoms with Gasteiger partial charge < -0.3 is 15.7 Å². The van der Waals surface area contributed by atoms with Crippen molar-refractivity contribution in [2.75, 3.05) is 6.54 Å². The molecule has 98 valence electrons. The molecule has 2 unspecified atom stereocenters. The third kappa shape index (κ3) is 4.00. The van der Waals surface area contributed by atoms with Gasteiger partial charge in [-0.2, -0.15) is 0 Å². The highest BCUT2D eigenvalue weighted by Crippen LogP contribution is 2.15. The van der Waals surface area contributed by atoms with Crippen LogP contribution in [0.1, 0.15) is 33.6 Å². The first-order valence-corrected chi connectivity index (χ1v) is 6.18. The van der Waals surface area contributed by atoms with Gasteiger partial charge in [0.1, 0.15) is 6.04 Å². The van der Waals surface area contributed by atoms with Crippen LogP contribution >= 0.6 is 0 Å². The van der Waals surface area contributed by atoms with E-state index in [9.17, 15) is 9.59 Å². The van der Waals surface area contributed by atoms with Crippen molar-refractivity contribution in [3.05, 3.63) is 0 Å². The van der Waals surface area contributed by atoms with E-state index in [2.05, 4.69) is 10.6 Å². The summed E-state index contributed by atoms with van der Waals surface area (Å²) in [5.74, 6) is -0.644. The largest absolute Gasteiger partial charge is 0.480 e. The minimum Gasteiger partial charge on any atom is -0.480 e. The number of hydrogen-bond acceptors (Lipinski definition) is 3. The number of hydrogen-bond donors (Lipinski definition) is 3. The van der Waals surface area contributed by atoms with Crippen LogP contribution in [-0.4, -0.2) is 35.6 Å². The number of carboxylic acids is 1. The van der Waals surface area contributed by atoms with Gasteiger partial charge in [-0.25, -0.2) is 4.79 Å². The molecule has 1 amide bonds. The summed E-state index contributed by atoms with van der Waals surface area (Å²) in [6, 6.07) is -1.03. The number of amides is 1. The lowest BCUT2D eigenvalue weighted by molar-refractivity contribution is -0.142. The predicted octanol–water partition coefficient (Wildman–Crippen LogP) is 0.600. The summed E-state index contributed by atoms with van der Waals surface area (Å²) in [6.45, 7) is 6.71. The molecule has 1 heterocycles. The number of carbonyl (C=O) groups is 2. The average Bonchev–Trinajstić information content (AvgIpc) is 2.62. The molecule has 1 rings (SSSR count). The van der Waals surface area contributed by atoms with Gasteiger partial charge in [0.25, 0.3) is 0 Å². The highest BCUT2D eigenvalue weighted by Gasteiger charge is 2.32. The van der Waals surface area contributed by atoms with Crippen molar-refractivity contribution in [3.8, 4) is 0 Å². The first-order chi connectivity index (χ1) is 7.91. The topological polar surface area (TPSA) is 78.4 Å². The second-order valence-electron chi connectivity index (χ2n) is 5.23. The average molecular weight is 242 g/mol. The van der Waals surface area contributed by atoms with Crippen LogP contribution in [0.5, 0.6) is 0 Å². The lowest BCUT2D eigenvalue weighted by Gasteiger charge is -2.21. The first-order valence-electron chi connectivity index (χ1n) is 6.18. The van der Waals surface area contributed by atoms with Crippen LogP contribution in [0.3, 0.4) is 0 Å². The molecule has 1 saturated heterocycles. The molecule has 1 aliphatic heterocycles. The lowest BCUT2D eigenvalue weighted by Crippen LogP contribution is -2.50. The van der Waals surface area contributed by atoms with Crippen molar-refractivity contribution in [3.63, 3.8) is 0 Å². The summed E-state index contributed by atoms with van der Waals surface area (Å²) in [5, 5.41) is 14.8. The summed E-state index contributed by atoms with van der Waals surface area (Å²) >= 11 is 0. The van der Waals surface area contributed by atoms with Crippen molar-refractivity contribution in [1.29, 1.82) is 0 Å². The molecule has 0 spiro atoms. The molecule has 0 aromatic heterocycles. The van der Waals surface area contributed by atoms with Crippen molar-refractivity contribution < 1.29 is 14.7 Å². The van der Waals surface area contributed by atoms with E-state index in [4.69, 9.17) is 5.11 Å². The summed E-state index contributed by atoms with van der Waals surface area (Å²) in [7, 11) is 0. The monoisotopic (exact) mass is 242 g/mol. The van der Waals surface area contributed by atoms with Crippen LogP contribution in [0.4, 0.5) is 0 Å². The van der Waals surface area contributed by atoms with Crippen LogP contribution in [0, 0.1) is 11.8 Å². The third-order valence-electron chi connectivity index (χ3n) is 3.14. The van der Waals surface area contributed by atoms with Crippen LogP contribution in [0.2, 0.25) is 0 Å². The fourth-order valence-corrected chi connectivity index (χ4v) is 2.14. The molecule has 3 atom stereocenters. The molecule has 0 aliphatic carbocycles. The molecule has 5 heteroatoms. The van der Waals surface area contributed by atoms with E-state index in [0.717, 1.165) is 13.0 Å². The molecule has 1 fully saturated rings. The Kier molecular flexibility index (Phi) is 4.93. The Morgan fingerprint density at radius 2 is 2.12 bits per heavy atom. The normalized spacial score (nSPS) is 25.9. The summed E-state index contributed by atoms with van der Waals surface area (Å²) < 4.78 is 0. The maximum atomic E-state index is 11.9. The summed E-state index contributed by atoms with van der Waals surface area (Å²) in [6.07, 6.45) is 1.42. The van der Waals surface area contributed by atoms with Crippen LogP contribution in [0.25, 0.3) is 0 Å². The molecule has 0 radical (unpaired) electrons. The number of nitrogens with one attached hydrogen (secondary N) is 2. The second kappa shape index (κ2) is 6.00. The smallest absolute Gasteiger partial charge is 0.326 e. The second-order valence-corrected chi connectivity index (χ2v) is 5.23. The van der Waals surface area contributed by atoms with Gasteiger partial charge in [-0.3, -0.25) is 4.79 Å². The predicted molar refractivity (Wildman–Crippen MR) is 64.6 cm³/mol. The molecule has 0 aromatic rings. The molecule has 0 saturated carbocycles. The molecule has 1 aliphatic rings. The maximum absolute atomic E-state index is 11.9. The van der Waals surface area contributed by atoms with Crippen LogP contribution < -0.4 is 10.6 Å². The molecule has 3 N–H and O–H groups in total. The van der Waals surface area contributed by atoms with Crippen molar-refractivity contribution in [2.45, 2.75) is 45.7 Å². The van der Waals surface area contributed by atoms with Crippen molar-refractivity contribution in [1.82, 2.24) is 10.6 Å². The Morgan fingerprint density at radius 3 is 2.53 bits per heavy atom. The van der Waals surface area contributed by atoms with Gasteiger partial charge in [-0.05, 0) is 31.2 Å². The van der Waals surface area contributed by atoms with Crippen molar-refractivity contribution in [2.24, 2.45) is 11.8 Å². The molecule has 5 nitrogen and oxygen atoms in total. The first kappa shape index (κ1) is 14.0. The van der Waals surface area contributed by atoms with Crippen LogP contribution in [0.15, 0.2) is 0 Å². The van der Waals surface area contributed by atoms with E-state index in [0.29, 0.717) is 6.42 Å². The number of rotatable bonds is 5. The zero-order valence-corrected chi connectivity index (χ0v) is 10.7. The molecule has 0 bridgehead atoms. The number of carbonyl (C=O) groups excluding carboxylic acids is 1. The summed E-state index contributed by atoms with van der Waals surface area (Å²) in [5.41, 5.74) is 0. The fourth-order valence-electron chi connectivity index (χ4n) is 2.14. The standard InChI is InChI=1S/C12H22N2O3/c1-7(2)6-9(12(16)17)14-11(15)10-8(3)4-5-13-10/h7-10,13H,4-6H2,1-3H3,(H,14,15)(H,16,17)/t8?,9-,10?/m0/s1. The number of aliphatic carboxylic acids is 1. The van der Waals surface area contributed by atoms with Gasteiger partial charge >= 0.3 is 5.97 Å². The van der Waals surface area contributed by atoms with E-state index in [-0.39, 0.29) is 23.8 Å². The summed E-state index contributed by atoms with van der Waals surface area (Å²) in [4.78, 5) is 22.9. The molecular formula is C12H22N2O3. The van der Waals surface area contributed by atoms with E-state index < -0.39 is 12.0 Å².